The van der Waals surface area contributed by atoms with Crippen molar-refractivity contribution in [1.82, 2.24) is 15.2 Å². The van der Waals surface area contributed by atoms with Gasteiger partial charge in [0.05, 0.1) is 12.0 Å². The van der Waals surface area contributed by atoms with Crippen LogP contribution in [0.25, 0.3) is 0 Å². The van der Waals surface area contributed by atoms with E-state index in [2.05, 4.69) is 22.1 Å². The second-order valence-electron chi connectivity index (χ2n) is 7.84. The first-order valence-electron chi connectivity index (χ1n) is 10.9. The van der Waals surface area contributed by atoms with Crippen LogP contribution >= 0.6 is 0 Å². The van der Waals surface area contributed by atoms with Gasteiger partial charge >= 0.3 is 0 Å². The van der Waals surface area contributed by atoms with Gasteiger partial charge in [-0.15, -0.1) is 0 Å². The summed E-state index contributed by atoms with van der Waals surface area (Å²) < 4.78 is 0. The van der Waals surface area contributed by atoms with Crippen LogP contribution in [0.15, 0.2) is 42.6 Å². The van der Waals surface area contributed by atoms with Crippen LogP contribution in [0.4, 0.5) is 5.82 Å². The van der Waals surface area contributed by atoms with Crippen molar-refractivity contribution in [3.05, 3.63) is 59.3 Å². The van der Waals surface area contributed by atoms with Crippen molar-refractivity contribution in [1.29, 1.82) is 0 Å². The predicted octanol–water partition coefficient (Wildman–Crippen LogP) is 3.20. The molecule has 2 aromatic rings. The first-order chi connectivity index (χ1) is 14.6. The molecule has 1 aliphatic heterocycles. The van der Waals surface area contributed by atoms with Gasteiger partial charge in [0, 0.05) is 38.9 Å². The third-order valence-electron chi connectivity index (χ3n) is 5.64. The van der Waals surface area contributed by atoms with E-state index in [4.69, 9.17) is 0 Å². The molecule has 0 saturated carbocycles. The summed E-state index contributed by atoms with van der Waals surface area (Å²) in [6.07, 6.45) is 5.35. The van der Waals surface area contributed by atoms with Gasteiger partial charge in [-0.25, -0.2) is 4.98 Å². The fourth-order valence-electron chi connectivity index (χ4n) is 3.65. The highest BCUT2D eigenvalue weighted by Crippen LogP contribution is 2.16. The summed E-state index contributed by atoms with van der Waals surface area (Å²) in [5, 5.41) is 2.94. The smallest absolute Gasteiger partial charge is 0.252 e. The third-order valence-corrected chi connectivity index (χ3v) is 5.64. The molecule has 2 heterocycles. The molecule has 6 heteroatoms. The summed E-state index contributed by atoms with van der Waals surface area (Å²) >= 11 is 0. The maximum absolute atomic E-state index is 12.7. The van der Waals surface area contributed by atoms with E-state index in [1.165, 1.54) is 0 Å². The van der Waals surface area contributed by atoms with E-state index >= 15 is 0 Å². The number of rotatable bonds is 8. The lowest BCUT2D eigenvalue weighted by molar-refractivity contribution is -0.130. The summed E-state index contributed by atoms with van der Waals surface area (Å²) in [6, 6.07) is 11.8. The fraction of sp³-hybridized carbons (Fsp3) is 0.458. The summed E-state index contributed by atoms with van der Waals surface area (Å²) in [7, 11) is 0. The summed E-state index contributed by atoms with van der Waals surface area (Å²) in [5.74, 6) is 0.951. The molecule has 0 atom stereocenters. The Labute approximate surface area is 179 Å². The van der Waals surface area contributed by atoms with Crippen LogP contribution in [0.3, 0.4) is 0 Å². The molecule has 1 aromatic heterocycles. The number of anilines is 1. The predicted molar refractivity (Wildman–Crippen MR) is 120 cm³/mol. The van der Waals surface area contributed by atoms with Crippen LogP contribution in [-0.4, -0.2) is 54.4 Å². The SMILES string of the molecule is CCCCCNC(=O)c1ccc(N2CCN(C(=O)Cc3ccccc3C)CC2)nc1. The zero-order chi connectivity index (χ0) is 21.3. The number of aryl methyl sites for hydroxylation is 1. The molecule has 1 aromatic carbocycles. The average molecular weight is 409 g/mol. The van der Waals surface area contributed by atoms with Gasteiger partial charge in [0.1, 0.15) is 5.82 Å². The minimum atomic E-state index is -0.0724. The minimum Gasteiger partial charge on any atom is -0.353 e. The molecule has 0 bridgehead atoms. The monoisotopic (exact) mass is 408 g/mol. The molecule has 3 rings (SSSR count). The van der Waals surface area contributed by atoms with Gasteiger partial charge in [-0.3, -0.25) is 9.59 Å². The highest BCUT2D eigenvalue weighted by Gasteiger charge is 2.22. The Morgan fingerprint density at radius 3 is 2.47 bits per heavy atom. The Morgan fingerprint density at radius 2 is 1.80 bits per heavy atom. The number of carbonyl (C=O) groups excluding carboxylic acids is 2. The number of benzene rings is 1. The van der Waals surface area contributed by atoms with Crippen LogP contribution in [0.2, 0.25) is 0 Å². The molecule has 30 heavy (non-hydrogen) atoms. The standard InChI is InChI=1S/C24H32N4O2/c1-3-4-7-12-25-24(30)21-10-11-22(26-18-21)27-13-15-28(16-14-27)23(29)17-20-9-6-5-8-19(20)2/h5-6,8-11,18H,3-4,7,12-17H2,1-2H3,(H,25,30). The number of piperazine rings is 1. The van der Waals surface area contributed by atoms with Crippen LogP contribution in [0.5, 0.6) is 0 Å². The molecule has 1 aliphatic rings. The quantitative estimate of drug-likeness (QED) is 0.681. The van der Waals surface area contributed by atoms with Crippen molar-refractivity contribution in [3.8, 4) is 0 Å². The Hall–Kier alpha value is -2.89. The van der Waals surface area contributed by atoms with Crippen LogP contribution in [0, 0.1) is 6.92 Å². The zero-order valence-corrected chi connectivity index (χ0v) is 18.1. The van der Waals surface area contributed by atoms with Crippen LogP contribution in [0.1, 0.15) is 47.7 Å². The van der Waals surface area contributed by atoms with E-state index in [0.29, 0.717) is 31.6 Å². The summed E-state index contributed by atoms with van der Waals surface area (Å²) in [4.78, 5) is 33.4. The lowest BCUT2D eigenvalue weighted by Crippen LogP contribution is -2.49. The number of aromatic nitrogens is 1. The van der Waals surface area contributed by atoms with Gasteiger partial charge in [0.25, 0.3) is 5.91 Å². The van der Waals surface area contributed by atoms with Gasteiger partial charge in [0.15, 0.2) is 0 Å². The number of pyridine rings is 1. The van der Waals surface area contributed by atoms with Gasteiger partial charge in [-0.2, -0.15) is 0 Å². The van der Waals surface area contributed by atoms with Gasteiger partial charge < -0.3 is 15.1 Å². The lowest BCUT2D eigenvalue weighted by atomic mass is 10.1. The van der Waals surface area contributed by atoms with Crippen molar-refractivity contribution in [3.63, 3.8) is 0 Å². The van der Waals surface area contributed by atoms with Crippen molar-refractivity contribution in [2.75, 3.05) is 37.6 Å². The largest absolute Gasteiger partial charge is 0.353 e. The highest BCUT2D eigenvalue weighted by molar-refractivity contribution is 5.94. The molecule has 2 amide bonds. The topological polar surface area (TPSA) is 65.5 Å². The fourth-order valence-corrected chi connectivity index (χ4v) is 3.65. The molecular weight excluding hydrogens is 376 g/mol. The van der Waals surface area contributed by atoms with E-state index in [9.17, 15) is 9.59 Å². The maximum Gasteiger partial charge on any atom is 0.252 e. The Kier molecular flexibility index (Phi) is 7.82. The maximum atomic E-state index is 12.7. The molecule has 0 spiro atoms. The Morgan fingerprint density at radius 1 is 1.03 bits per heavy atom. The number of amides is 2. The number of nitrogens with zero attached hydrogens (tertiary/aromatic N) is 3. The third kappa shape index (κ3) is 5.81. The molecule has 1 N–H and O–H groups in total. The Bertz CT molecular complexity index is 843. The summed E-state index contributed by atoms with van der Waals surface area (Å²) in [6.45, 7) is 7.75. The van der Waals surface area contributed by atoms with E-state index in [-0.39, 0.29) is 11.8 Å². The summed E-state index contributed by atoms with van der Waals surface area (Å²) in [5.41, 5.74) is 2.83. The zero-order valence-electron chi connectivity index (χ0n) is 18.1. The molecule has 1 saturated heterocycles. The minimum absolute atomic E-state index is 0.0724. The second kappa shape index (κ2) is 10.8. The van der Waals surface area contributed by atoms with Crippen LogP contribution in [-0.2, 0) is 11.2 Å². The van der Waals surface area contributed by atoms with Gasteiger partial charge in [-0.05, 0) is 36.6 Å². The van der Waals surface area contributed by atoms with Gasteiger partial charge in [-0.1, -0.05) is 44.0 Å². The van der Waals surface area contributed by atoms with Crippen LogP contribution < -0.4 is 10.2 Å². The normalized spacial score (nSPS) is 13.9. The molecule has 0 unspecified atom stereocenters. The highest BCUT2D eigenvalue weighted by atomic mass is 16.2. The van der Waals surface area contributed by atoms with E-state index in [1.54, 1.807) is 6.20 Å². The number of carbonyl (C=O) groups is 2. The first kappa shape index (κ1) is 21.8. The molecule has 6 nitrogen and oxygen atoms in total. The lowest BCUT2D eigenvalue weighted by Gasteiger charge is -2.35. The van der Waals surface area contributed by atoms with Crippen molar-refractivity contribution in [2.24, 2.45) is 0 Å². The number of hydrogen-bond donors (Lipinski definition) is 1. The van der Waals surface area contributed by atoms with E-state index in [0.717, 1.165) is 49.3 Å². The number of hydrogen-bond acceptors (Lipinski definition) is 4. The number of nitrogens with one attached hydrogen (secondary N) is 1. The molecule has 160 valence electrons. The first-order valence-corrected chi connectivity index (χ1v) is 10.9. The van der Waals surface area contributed by atoms with E-state index in [1.807, 2.05) is 48.2 Å². The molecule has 1 fully saturated rings. The number of unbranched alkanes of at least 4 members (excludes halogenated alkanes) is 2. The van der Waals surface area contributed by atoms with E-state index < -0.39 is 0 Å². The molecule has 0 radical (unpaired) electrons. The van der Waals surface area contributed by atoms with Gasteiger partial charge in [0.2, 0.25) is 5.91 Å². The van der Waals surface area contributed by atoms with Crippen molar-refractivity contribution < 1.29 is 9.59 Å². The average Bonchev–Trinajstić information content (AvgIpc) is 2.78. The van der Waals surface area contributed by atoms with Crippen molar-refractivity contribution in [2.45, 2.75) is 39.5 Å². The molecular formula is C24H32N4O2. The second-order valence-corrected chi connectivity index (χ2v) is 7.84. The Balaban J connectivity index is 1.48. The van der Waals surface area contributed by atoms with Crippen molar-refractivity contribution >= 4 is 17.6 Å². The molecule has 0 aliphatic carbocycles.